The SMILES string of the molecule is C.CC(C)(c1ccc(O)cc1)c1ccc(O)cc1.CC(C)(c1ccc(O[SiH3])cc1)c1ccc(O[SiH3])cc1.COc1ccc(C(C)(C)c2ccc(OC(C)=O)cc2)cc1.CP=S. The molecule has 0 saturated heterocycles. The highest BCUT2D eigenvalue weighted by atomic mass is 32.4. The summed E-state index contributed by atoms with van der Waals surface area (Å²) >= 11 is 4.37. The highest BCUT2D eigenvalue weighted by Crippen LogP contribution is 2.35. The Bertz CT molecular complexity index is 2110. The van der Waals surface area contributed by atoms with Gasteiger partial charge in [-0.3, -0.25) is 4.79 Å². The van der Waals surface area contributed by atoms with Crippen LogP contribution in [-0.2, 0) is 32.8 Å². The molecule has 0 spiro atoms. The zero-order chi connectivity index (χ0) is 44.5. The molecule has 0 amide bonds. The van der Waals surface area contributed by atoms with Crippen LogP contribution in [0.3, 0.4) is 0 Å². The number of phenolic OH excluding ortho intramolecular Hbond substituents is 2. The van der Waals surface area contributed by atoms with Gasteiger partial charge in [0.15, 0.2) is 0 Å². The minimum Gasteiger partial charge on any atom is -0.553 e. The second-order valence-corrected chi connectivity index (χ2v) is 17.7. The number of ether oxygens (including phenoxy) is 2. The number of carbonyl (C=O) groups is 1. The van der Waals surface area contributed by atoms with Crippen molar-refractivity contribution < 1.29 is 33.3 Å². The lowest BCUT2D eigenvalue weighted by molar-refractivity contribution is -0.131. The zero-order valence-electron chi connectivity index (χ0n) is 36.6. The van der Waals surface area contributed by atoms with Crippen LogP contribution in [0.25, 0.3) is 0 Å². The maximum atomic E-state index is 10.9. The zero-order valence-corrected chi connectivity index (χ0v) is 42.4. The first kappa shape index (κ1) is 51.9. The molecule has 0 heterocycles. The number of carbonyl (C=O) groups excluding carboxylic acids is 1. The van der Waals surface area contributed by atoms with Crippen LogP contribution in [0.5, 0.6) is 34.5 Å². The molecule has 0 aliphatic carbocycles. The van der Waals surface area contributed by atoms with Crippen LogP contribution in [0.1, 0.15) is 89.3 Å². The van der Waals surface area contributed by atoms with Gasteiger partial charge in [0.25, 0.3) is 0 Å². The minimum atomic E-state index is -0.308. The fourth-order valence-electron chi connectivity index (χ4n) is 6.38. The summed E-state index contributed by atoms with van der Waals surface area (Å²) in [5.74, 6) is 3.55. The Labute approximate surface area is 377 Å². The van der Waals surface area contributed by atoms with Crippen LogP contribution in [0.15, 0.2) is 146 Å². The third-order valence-corrected chi connectivity index (χ3v) is 11.4. The van der Waals surface area contributed by atoms with Gasteiger partial charge in [-0.05, 0) is 120 Å². The van der Waals surface area contributed by atoms with Crippen LogP contribution >= 0.6 is 7.36 Å². The molecule has 11 heteroatoms. The fourth-order valence-corrected chi connectivity index (χ4v) is 6.93. The molecule has 0 saturated carbocycles. The summed E-state index contributed by atoms with van der Waals surface area (Å²) in [6, 6.07) is 46.9. The Balaban J connectivity index is 0.000000304. The molecule has 0 atom stereocenters. The molecule has 0 unspecified atom stereocenters. The van der Waals surface area contributed by atoms with Crippen LogP contribution in [0, 0.1) is 0 Å². The van der Waals surface area contributed by atoms with Crippen LogP contribution in [0.4, 0.5) is 0 Å². The summed E-state index contributed by atoms with van der Waals surface area (Å²) in [5, 5.41) is 18.6. The normalized spacial score (nSPS) is 10.9. The van der Waals surface area contributed by atoms with E-state index < -0.39 is 0 Å². The average molecular weight is 895 g/mol. The van der Waals surface area contributed by atoms with Gasteiger partial charge in [0.1, 0.15) is 34.5 Å². The molecule has 2 N–H and O–H groups in total. The third kappa shape index (κ3) is 15.0. The molecule has 0 fully saturated rings. The summed E-state index contributed by atoms with van der Waals surface area (Å²) in [5.41, 5.74) is 6.87. The lowest BCUT2D eigenvalue weighted by atomic mass is 9.78. The van der Waals surface area contributed by atoms with Gasteiger partial charge in [-0.2, -0.15) is 0 Å². The van der Waals surface area contributed by atoms with Gasteiger partial charge in [-0.1, -0.05) is 134 Å². The van der Waals surface area contributed by atoms with Crippen molar-refractivity contribution in [2.75, 3.05) is 13.8 Å². The number of esters is 1. The van der Waals surface area contributed by atoms with E-state index in [9.17, 15) is 15.0 Å². The molecule has 324 valence electrons. The van der Waals surface area contributed by atoms with E-state index in [1.54, 1.807) is 31.4 Å². The molecule has 7 nitrogen and oxygen atoms in total. The first-order valence-electron chi connectivity index (χ1n) is 19.5. The van der Waals surface area contributed by atoms with Gasteiger partial charge in [-0.25, -0.2) is 0 Å². The standard InChI is InChI=1S/C18H20O3.C15H20O2Si2.C15H16O2.CH3PS.CH4/c1-13(19)21-17-11-7-15(8-12-17)18(2,3)14-5-9-16(20-4)10-6-14;1-15(2,11-3-7-13(16-18)8-4-11)12-5-9-14(17-19)10-6-12;1-15(2,11-3-7-13(16)8-4-11)12-5-9-14(17)10-6-12;1-2-3;/h5-12H,1-4H3;3-10H,1-2,18-19H3;3-10,16-17H,1-2H3;1H3;1H4. The van der Waals surface area contributed by atoms with Gasteiger partial charge < -0.3 is 28.5 Å². The monoisotopic (exact) mass is 894 g/mol. The van der Waals surface area contributed by atoms with Crippen molar-refractivity contribution in [1.29, 1.82) is 0 Å². The molecule has 0 radical (unpaired) electrons. The Morgan fingerprint density at radius 3 is 0.918 bits per heavy atom. The molecule has 0 aliphatic heterocycles. The number of hydrogen-bond donors (Lipinski definition) is 2. The number of hydrogen-bond acceptors (Lipinski definition) is 8. The van der Waals surface area contributed by atoms with Crippen molar-refractivity contribution in [1.82, 2.24) is 0 Å². The van der Waals surface area contributed by atoms with E-state index in [1.165, 1.54) is 23.6 Å². The Morgan fingerprint density at radius 1 is 0.492 bits per heavy atom. The average Bonchev–Trinajstić information content (AvgIpc) is 3.25. The van der Waals surface area contributed by atoms with Gasteiger partial charge >= 0.3 is 5.97 Å². The smallest absolute Gasteiger partial charge is 0.308 e. The summed E-state index contributed by atoms with van der Waals surface area (Å²) in [6.45, 7) is 16.3. The quantitative estimate of drug-likeness (QED) is 0.0608. The Morgan fingerprint density at radius 2 is 0.705 bits per heavy atom. The fraction of sp³-hybridized carbons (Fsp3) is 0.260. The van der Waals surface area contributed by atoms with Crippen molar-refractivity contribution in [3.05, 3.63) is 179 Å². The molecule has 0 bridgehead atoms. The first-order valence-corrected chi connectivity index (χ1v) is 23.4. The molecular weight excluding hydrogens is 832 g/mol. The molecule has 6 rings (SSSR count). The predicted octanol–water partition coefficient (Wildman–Crippen LogP) is 10.4. The summed E-state index contributed by atoms with van der Waals surface area (Å²) in [7, 11) is 4.12. The van der Waals surface area contributed by atoms with E-state index in [0.717, 1.165) is 62.3 Å². The van der Waals surface area contributed by atoms with Crippen molar-refractivity contribution in [2.24, 2.45) is 0 Å². The van der Waals surface area contributed by atoms with Gasteiger partial charge in [0.05, 0.1) is 7.11 Å². The van der Waals surface area contributed by atoms with E-state index in [4.69, 9.17) is 18.3 Å². The highest BCUT2D eigenvalue weighted by molar-refractivity contribution is 7.96. The van der Waals surface area contributed by atoms with Crippen molar-refractivity contribution >= 4 is 46.1 Å². The molecule has 6 aromatic rings. The molecular formula is C50H63O7PSSi2. The van der Waals surface area contributed by atoms with E-state index >= 15 is 0 Å². The lowest BCUT2D eigenvalue weighted by Crippen LogP contribution is -2.18. The maximum Gasteiger partial charge on any atom is 0.308 e. The lowest BCUT2D eigenvalue weighted by Gasteiger charge is -2.26. The molecule has 0 aliphatic rings. The van der Waals surface area contributed by atoms with Crippen LogP contribution in [-0.4, -0.2) is 50.9 Å². The number of rotatable bonds is 10. The Kier molecular flexibility index (Phi) is 20.6. The van der Waals surface area contributed by atoms with Crippen molar-refractivity contribution in [2.45, 2.75) is 72.1 Å². The number of methoxy groups -OCH3 is 1. The van der Waals surface area contributed by atoms with Crippen molar-refractivity contribution in [3.63, 3.8) is 0 Å². The third-order valence-electron chi connectivity index (χ3n) is 10.5. The summed E-state index contributed by atoms with van der Waals surface area (Å²) in [6.07, 6.45) is 0. The summed E-state index contributed by atoms with van der Waals surface area (Å²) in [4.78, 5) is 10.9. The van der Waals surface area contributed by atoms with Crippen molar-refractivity contribution in [3.8, 4) is 34.5 Å². The van der Waals surface area contributed by atoms with Gasteiger partial charge in [-0.15, -0.1) is 0 Å². The second-order valence-electron chi connectivity index (χ2n) is 15.5. The van der Waals surface area contributed by atoms with E-state index in [2.05, 4.69) is 89.7 Å². The van der Waals surface area contributed by atoms with Gasteiger partial charge in [0, 0.05) is 23.2 Å². The summed E-state index contributed by atoms with van der Waals surface area (Å²) < 4.78 is 20.9. The molecule has 6 aromatic carbocycles. The van der Waals surface area contributed by atoms with Crippen LogP contribution < -0.4 is 18.3 Å². The topological polar surface area (TPSA) is 94.5 Å². The number of phenols is 2. The second kappa shape index (κ2) is 24.3. The van der Waals surface area contributed by atoms with E-state index in [0.29, 0.717) is 5.75 Å². The predicted molar refractivity (Wildman–Crippen MR) is 264 cm³/mol. The maximum absolute atomic E-state index is 10.9. The number of benzene rings is 6. The Hall–Kier alpha value is -5.26. The van der Waals surface area contributed by atoms with E-state index in [-0.39, 0.29) is 41.1 Å². The largest absolute Gasteiger partial charge is 0.553 e. The highest BCUT2D eigenvalue weighted by Gasteiger charge is 2.25. The molecule has 0 aromatic heterocycles. The van der Waals surface area contributed by atoms with Gasteiger partial charge in [0.2, 0.25) is 21.0 Å². The molecule has 61 heavy (non-hydrogen) atoms. The van der Waals surface area contributed by atoms with E-state index in [1.807, 2.05) is 91.6 Å². The minimum absolute atomic E-state index is 0. The number of aromatic hydroxyl groups is 2. The van der Waals surface area contributed by atoms with Crippen LogP contribution in [0.2, 0.25) is 0 Å². The first-order chi connectivity index (χ1) is 28.4.